The summed E-state index contributed by atoms with van der Waals surface area (Å²) < 4.78 is 0. The highest BCUT2D eigenvalue weighted by molar-refractivity contribution is 5.72. The van der Waals surface area contributed by atoms with Crippen molar-refractivity contribution in [1.82, 2.24) is 0 Å². The molecule has 0 saturated heterocycles. The van der Waals surface area contributed by atoms with Crippen LogP contribution in [-0.2, 0) is 4.79 Å². The summed E-state index contributed by atoms with van der Waals surface area (Å²) in [4.78, 5) is 10.3. The number of carboxylic acids is 1. The molecule has 4 heteroatoms. The Morgan fingerprint density at radius 3 is 2.38 bits per heavy atom. The molecule has 0 aromatic rings. The van der Waals surface area contributed by atoms with Gasteiger partial charge in [0, 0.05) is 0 Å². The molecule has 0 radical (unpaired) electrons. The van der Waals surface area contributed by atoms with Crippen molar-refractivity contribution in [3.8, 4) is 0 Å². The molecule has 0 heterocycles. The van der Waals surface area contributed by atoms with Gasteiger partial charge in [0.2, 0.25) is 0 Å². The van der Waals surface area contributed by atoms with Crippen LogP contribution in [0.2, 0.25) is 0 Å². The van der Waals surface area contributed by atoms with E-state index in [1.165, 1.54) is 6.92 Å². The molecule has 0 spiro atoms. The number of hydrogen-bond donors (Lipinski definition) is 1. The van der Waals surface area contributed by atoms with Gasteiger partial charge in [0.05, 0.1) is 6.54 Å². The number of carboxylic acid groups (broad SMARTS) is 1. The van der Waals surface area contributed by atoms with Gasteiger partial charge in [-0.1, -0.05) is 20.8 Å². The molecule has 4 nitrogen and oxygen atoms in total. The van der Waals surface area contributed by atoms with E-state index in [4.69, 9.17) is 5.11 Å². The lowest BCUT2D eigenvalue weighted by Gasteiger charge is -2.15. The van der Waals surface area contributed by atoms with E-state index in [2.05, 4.69) is 31.0 Å². The molecular formula is C9H18N2O2. The quantitative estimate of drug-likeness (QED) is 0.685. The van der Waals surface area contributed by atoms with E-state index in [1.54, 1.807) is 0 Å². The second-order valence-corrected chi connectivity index (χ2v) is 4.31. The zero-order valence-electron chi connectivity index (χ0n) is 8.74. The molecule has 0 amide bonds. The van der Waals surface area contributed by atoms with Crippen molar-refractivity contribution in [2.24, 2.45) is 15.6 Å². The van der Waals surface area contributed by atoms with Crippen molar-refractivity contribution in [2.45, 2.75) is 40.2 Å². The second-order valence-electron chi connectivity index (χ2n) is 4.31. The van der Waals surface area contributed by atoms with Crippen molar-refractivity contribution in [2.75, 3.05) is 6.54 Å². The van der Waals surface area contributed by atoms with Gasteiger partial charge >= 0.3 is 5.97 Å². The van der Waals surface area contributed by atoms with Crippen LogP contribution in [0.1, 0.15) is 34.1 Å². The molecular weight excluding hydrogens is 168 g/mol. The highest BCUT2D eigenvalue weighted by atomic mass is 16.4. The molecule has 1 N–H and O–H groups in total. The Kier molecular flexibility index (Phi) is 4.59. The Hall–Kier alpha value is -0.930. The standard InChI is InChI=1S/C9H18N2O2/c1-7(8(12)13)11-10-6-5-9(2,3)4/h7H,5-6H2,1-4H3,(H,12,13). The minimum Gasteiger partial charge on any atom is -0.480 e. The van der Waals surface area contributed by atoms with Gasteiger partial charge in [-0.05, 0) is 18.8 Å². The molecule has 0 aromatic carbocycles. The van der Waals surface area contributed by atoms with Crippen LogP contribution in [-0.4, -0.2) is 23.7 Å². The van der Waals surface area contributed by atoms with Crippen LogP contribution in [0.25, 0.3) is 0 Å². The van der Waals surface area contributed by atoms with Crippen molar-refractivity contribution < 1.29 is 9.90 Å². The Bertz CT molecular complexity index is 194. The average molecular weight is 186 g/mol. The first kappa shape index (κ1) is 12.1. The number of hydrogen-bond acceptors (Lipinski definition) is 3. The zero-order valence-corrected chi connectivity index (χ0v) is 8.74. The van der Waals surface area contributed by atoms with E-state index in [0.717, 1.165) is 6.42 Å². The van der Waals surface area contributed by atoms with E-state index in [-0.39, 0.29) is 5.41 Å². The van der Waals surface area contributed by atoms with Gasteiger partial charge in [-0.25, -0.2) is 4.79 Å². The monoisotopic (exact) mass is 186 g/mol. The van der Waals surface area contributed by atoms with Crippen LogP contribution >= 0.6 is 0 Å². The van der Waals surface area contributed by atoms with Gasteiger partial charge in [-0.15, -0.1) is 0 Å². The fourth-order valence-corrected chi connectivity index (χ4v) is 0.615. The summed E-state index contributed by atoms with van der Waals surface area (Å²) in [5.74, 6) is -0.931. The Labute approximate surface area is 79.1 Å². The molecule has 1 unspecified atom stereocenters. The summed E-state index contributed by atoms with van der Waals surface area (Å²) in [7, 11) is 0. The summed E-state index contributed by atoms with van der Waals surface area (Å²) in [5, 5.41) is 16.0. The third-order valence-corrected chi connectivity index (χ3v) is 1.57. The molecule has 0 aromatic heterocycles. The fraction of sp³-hybridized carbons (Fsp3) is 0.889. The zero-order chi connectivity index (χ0) is 10.5. The molecule has 0 aliphatic rings. The smallest absolute Gasteiger partial charge is 0.330 e. The fourth-order valence-electron chi connectivity index (χ4n) is 0.615. The number of carbonyl (C=O) groups is 1. The van der Waals surface area contributed by atoms with Crippen LogP contribution in [0.5, 0.6) is 0 Å². The van der Waals surface area contributed by atoms with E-state index < -0.39 is 12.0 Å². The van der Waals surface area contributed by atoms with Gasteiger partial charge in [-0.2, -0.15) is 10.2 Å². The highest BCUT2D eigenvalue weighted by Crippen LogP contribution is 2.17. The third kappa shape index (κ3) is 7.43. The SMILES string of the molecule is CC(N=NCCC(C)(C)C)C(=O)O. The van der Waals surface area contributed by atoms with Crippen molar-refractivity contribution >= 4 is 5.97 Å². The van der Waals surface area contributed by atoms with Crippen LogP contribution in [0.15, 0.2) is 10.2 Å². The maximum Gasteiger partial charge on any atom is 0.330 e. The third-order valence-electron chi connectivity index (χ3n) is 1.57. The lowest BCUT2D eigenvalue weighted by Crippen LogP contribution is -2.12. The predicted octanol–water partition coefficient (Wildman–Crippen LogP) is 2.35. The first-order valence-corrected chi connectivity index (χ1v) is 4.42. The van der Waals surface area contributed by atoms with E-state index in [1.807, 2.05) is 0 Å². The lowest BCUT2D eigenvalue weighted by atomic mass is 9.93. The van der Waals surface area contributed by atoms with E-state index in [0.29, 0.717) is 6.54 Å². The Morgan fingerprint density at radius 2 is 2.00 bits per heavy atom. The lowest BCUT2D eigenvalue weighted by molar-refractivity contribution is -0.138. The van der Waals surface area contributed by atoms with Gasteiger partial charge < -0.3 is 5.11 Å². The topological polar surface area (TPSA) is 62.0 Å². The molecule has 0 fully saturated rings. The molecule has 0 aliphatic carbocycles. The average Bonchev–Trinajstić information content (AvgIpc) is 1.95. The summed E-state index contributed by atoms with van der Waals surface area (Å²) in [6, 6.07) is -0.722. The van der Waals surface area contributed by atoms with Crippen molar-refractivity contribution in [3.05, 3.63) is 0 Å². The summed E-state index contributed by atoms with van der Waals surface area (Å²) >= 11 is 0. The number of azo groups is 1. The van der Waals surface area contributed by atoms with Gasteiger partial charge in [0.25, 0.3) is 0 Å². The Morgan fingerprint density at radius 1 is 1.46 bits per heavy atom. The molecule has 0 bridgehead atoms. The number of aliphatic carboxylic acids is 1. The van der Waals surface area contributed by atoms with E-state index in [9.17, 15) is 4.79 Å². The first-order chi connectivity index (χ1) is 5.83. The molecule has 1 atom stereocenters. The first-order valence-electron chi connectivity index (χ1n) is 4.42. The van der Waals surface area contributed by atoms with Gasteiger partial charge in [-0.3, -0.25) is 0 Å². The largest absolute Gasteiger partial charge is 0.480 e. The molecule has 76 valence electrons. The maximum atomic E-state index is 10.3. The second kappa shape index (κ2) is 4.94. The molecule has 0 aliphatic heterocycles. The minimum absolute atomic E-state index is 0.228. The number of rotatable bonds is 4. The highest BCUT2D eigenvalue weighted by Gasteiger charge is 2.10. The molecule has 13 heavy (non-hydrogen) atoms. The Balaban J connectivity index is 3.70. The van der Waals surface area contributed by atoms with Crippen LogP contribution in [0.4, 0.5) is 0 Å². The normalized spacial score (nSPS) is 14.8. The van der Waals surface area contributed by atoms with Gasteiger partial charge in [0.1, 0.15) is 0 Å². The van der Waals surface area contributed by atoms with Crippen LogP contribution < -0.4 is 0 Å². The van der Waals surface area contributed by atoms with Crippen molar-refractivity contribution in [1.29, 1.82) is 0 Å². The van der Waals surface area contributed by atoms with Gasteiger partial charge in [0.15, 0.2) is 6.04 Å². The van der Waals surface area contributed by atoms with Crippen LogP contribution in [0, 0.1) is 5.41 Å². The summed E-state index contributed by atoms with van der Waals surface area (Å²) in [5.41, 5.74) is 0.228. The van der Waals surface area contributed by atoms with Crippen molar-refractivity contribution in [3.63, 3.8) is 0 Å². The summed E-state index contributed by atoms with van der Waals surface area (Å²) in [6.45, 7) is 8.46. The van der Waals surface area contributed by atoms with E-state index >= 15 is 0 Å². The van der Waals surface area contributed by atoms with Crippen LogP contribution in [0.3, 0.4) is 0 Å². The predicted molar refractivity (Wildman–Crippen MR) is 50.9 cm³/mol. The maximum absolute atomic E-state index is 10.3. The summed E-state index contributed by atoms with van der Waals surface area (Å²) in [6.07, 6.45) is 0.919. The molecule has 0 saturated carbocycles. The number of nitrogens with zero attached hydrogens (tertiary/aromatic N) is 2. The minimum atomic E-state index is -0.931. The molecule has 0 rings (SSSR count).